The number of carbonyl (C=O) groups excluding carboxylic acids is 1. The summed E-state index contributed by atoms with van der Waals surface area (Å²) in [7, 11) is 0. The van der Waals surface area contributed by atoms with E-state index < -0.39 is 29.5 Å². The summed E-state index contributed by atoms with van der Waals surface area (Å²) in [4.78, 5) is 31.9. The first-order valence-corrected chi connectivity index (χ1v) is 5.25. The first-order chi connectivity index (χ1) is 8.93. The number of carboxylic acid groups (broad SMARTS) is 1. The number of alkyl halides is 1. The third kappa shape index (κ3) is 4.34. The highest BCUT2D eigenvalue weighted by Crippen LogP contribution is 2.13. The molecule has 0 aliphatic carbocycles. The van der Waals surface area contributed by atoms with Gasteiger partial charge in [-0.3, -0.25) is 14.9 Å². The molecule has 1 atom stereocenters. The summed E-state index contributed by atoms with van der Waals surface area (Å²) in [6.07, 6.45) is -0.258. The molecule has 1 rings (SSSR count). The lowest BCUT2D eigenvalue weighted by molar-refractivity contribution is -0.384. The van der Waals surface area contributed by atoms with Crippen LogP contribution in [-0.4, -0.2) is 34.6 Å². The van der Waals surface area contributed by atoms with Crippen LogP contribution in [0.1, 0.15) is 5.56 Å². The summed E-state index contributed by atoms with van der Waals surface area (Å²) >= 11 is 0. The molecule has 2 N–H and O–H groups in total. The largest absolute Gasteiger partial charge is 0.480 e. The summed E-state index contributed by atoms with van der Waals surface area (Å²) in [5.74, 6) is -2.19. The fourth-order valence-corrected chi connectivity index (χ4v) is 1.38. The van der Waals surface area contributed by atoms with Crippen molar-refractivity contribution in [2.75, 3.05) is 6.67 Å². The minimum Gasteiger partial charge on any atom is -0.480 e. The average molecular weight is 270 g/mol. The zero-order valence-corrected chi connectivity index (χ0v) is 9.71. The molecule has 1 unspecified atom stereocenters. The van der Waals surface area contributed by atoms with Crippen LogP contribution in [0, 0.1) is 10.1 Å². The van der Waals surface area contributed by atoms with Crippen LogP contribution >= 0.6 is 0 Å². The monoisotopic (exact) mass is 270 g/mol. The van der Waals surface area contributed by atoms with Gasteiger partial charge in [0.2, 0.25) is 5.91 Å². The lowest BCUT2D eigenvalue weighted by Gasteiger charge is -2.10. The molecule has 0 aromatic heterocycles. The van der Waals surface area contributed by atoms with Gasteiger partial charge < -0.3 is 10.4 Å². The predicted octanol–water partition coefficient (Wildman–Crippen LogP) is 0.676. The van der Waals surface area contributed by atoms with Crippen LogP contribution in [0.25, 0.3) is 0 Å². The highest BCUT2D eigenvalue weighted by atomic mass is 19.1. The molecular weight excluding hydrogens is 259 g/mol. The molecule has 0 bridgehead atoms. The van der Waals surface area contributed by atoms with Crippen molar-refractivity contribution in [2.45, 2.75) is 12.5 Å². The Morgan fingerprint density at radius 1 is 1.47 bits per heavy atom. The van der Waals surface area contributed by atoms with Crippen LogP contribution in [0.4, 0.5) is 10.1 Å². The van der Waals surface area contributed by atoms with Gasteiger partial charge in [0, 0.05) is 12.1 Å². The van der Waals surface area contributed by atoms with Gasteiger partial charge in [0.15, 0.2) is 6.04 Å². The van der Waals surface area contributed by atoms with E-state index in [4.69, 9.17) is 5.11 Å². The molecule has 0 radical (unpaired) electrons. The minimum atomic E-state index is -1.61. The summed E-state index contributed by atoms with van der Waals surface area (Å²) in [5.41, 5.74) is 0.167. The molecule has 102 valence electrons. The van der Waals surface area contributed by atoms with Crippen molar-refractivity contribution < 1.29 is 24.0 Å². The second-order valence-electron chi connectivity index (χ2n) is 3.72. The van der Waals surface area contributed by atoms with Crippen molar-refractivity contribution in [1.82, 2.24) is 5.32 Å². The maximum atomic E-state index is 12.3. The van der Waals surface area contributed by atoms with Crippen LogP contribution in [0.15, 0.2) is 24.3 Å². The fourth-order valence-electron chi connectivity index (χ4n) is 1.38. The number of amides is 1. The Bertz CT molecular complexity index is 506. The van der Waals surface area contributed by atoms with Gasteiger partial charge in [0.1, 0.15) is 6.67 Å². The number of nitro groups is 1. The molecule has 8 heteroatoms. The fraction of sp³-hybridized carbons (Fsp3) is 0.273. The number of rotatable bonds is 6. The van der Waals surface area contributed by atoms with Gasteiger partial charge >= 0.3 is 5.97 Å². The topological polar surface area (TPSA) is 110 Å². The molecule has 0 saturated carbocycles. The van der Waals surface area contributed by atoms with E-state index in [2.05, 4.69) is 0 Å². The molecule has 1 aromatic rings. The second-order valence-corrected chi connectivity index (χ2v) is 3.72. The number of aliphatic carboxylic acids is 1. The molecule has 1 aromatic carbocycles. The Kier molecular flexibility index (Phi) is 4.92. The maximum absolute atomic E-state index is 12.3. The Morgan fingerprint density at radius 3 is 2.68 bits per heavy atom. The normalized spacial score (nSPS) is 11.6. The number of nitrogens with zero attached hydrogens (tertiary/aromatic N) is 1. The van der Waals surface area contributed by atoms with E-state index in [1.54, 1.807) is 0 Å². The van der Waals surface area contributed by atoms with Gasteiger partial charge in [0.05, 0.1) is 11.3 Å². The third-order valence-electron chi connectivity index (χ3n) is 2.27. The summed E-state index contributed by atoms with van der Waals surface area (Å²) in [5, 5.41) is 21.1. The van der Waals surface area contributed by atoms with E-state index in [9.17, 15) is 24.1 Å². The van der Waals surface area contributed by atoms with E-state index in [0.29, 0.717) is 5.56 Å². The Morgan fingerprint density at radius 2 is 2.16 bits per heavy atom. The number of hydrogen-bond donors (Lipinski definition) is 2. The molecule has 7 nitrogen and oxygen atoms in total. The quantitative estimate of drug-likeness (QED) is 0.583. The van der Waals surface area contributed by atoms with E-state index in [1.165, 1.54) is 24.3 Å². The smallest absolute Gasteiger partial charge is 0.328 e. The summed E-state index contributed by atoms with van der Waals surface area (Å²) in [6.45, 7) is -1.23. The van der Waals surface area contributed by atoms with Crippen molar-refractivity contribution in [3.05, 3.63) is 39.9 Å². The van der Waals surface area contributed by atoms with Crippen molar-refractivity contribution in [1.29, 1.82) is 0 Å². The van der Waals surface area contributed by atoms with E-state index in [-0.39, 0.29) is 12.1 Å². The van der Waals surface area contributed by atoms with E-state index in [1.807, 2.05) is 5.32 Å². The van der Waals surface area contributed by atoms with E-state index >= 15 is 0 Å². The van der Waals surface area contributed by atoms with Gasteiger partial charge in [0.25, 0.3) is 5.69 Å². The van der Waals surface area contributed by atoms with Crippen LogP contribution in [0.3, 0.4) is 0 Å². The highest BCUT2D eigenvalue weighted by Gasteiger charge is 2.19. The number of halogens is 1. The van der Waals surface area contributed by atoms with Crippen molar-refractivity contribution in [3.8, 4) is 0 Å². The predicted molar refractivity (Wildman–Crippen MR) is 62.3 cm³/mol. The lowest BCUT2D eigenvalue weighted by atomic mass is 10.1. The molecule has 0 heterocycles. The number of carbonyl (C=O) groups is 2. The zero-order chi connectivity index (χ0) is 14.4. The number of non-ortho nitro benzene ring substituents is 1. The van der Waals surface area contributed by atoms with Crippen molar-refractivity contribution in [3.63, 3.8) is 0 Å². The second kappa shape index (κ2) is 6.43. The van der Waals surface area contributed by atoms with Crippen LogP contribution in [0.2, 0.25) is 0 Å². The minimum absolute atomic E-state index is 0.175. The first kappa shape index (κ1) is 14.6. The number of carboxylic acids is 1. The number of hydrogen-bond acceptors (Lipinski definition) is 4. The van der Waals surface area contributed by atoms with Gasteiger partial charge in [-0.2, -0.15) is 0 Å². The average Bonchev–Trinajstić information content (AvgIpc) is 2.35. The maximum Gasteiger partial charge on any atom is 0.328 e. The SMILES string of the molecule is O=C(Cc1cccc([N+](=O)[O-])c1)NC(CF)C(=O)O. The third-order valence-corrected chi connectivity index (χ3v) is 2.27. The first-order valence-electron chi connectivity index (χ1n) is 5.25. The zero-order valence-electron chi connectivity index (χ0n) is 9.71. The standard InChI is InChI=1S/C11H11FN2O5/c12-6-9(11(16)17)13-10(15)5-7-2-1-3-8(4-7)14(18)19/h1-4,9H,5-6H2,(H,13,15)(H,16,17). The molecule has 0 saturated heterocycles. The molecule has 0 aliphatic heterocycles. The van der Waals surface area contributed by atoms with Crippen LogP contribution in [-0.2, 0) is 16.0 Å². The molecule has 0 fully saturated rings. The number of nitrogens with one attached hydrogen (secondary N) is 1. The molecule has 0 aliphatic rings. The number of nitro benzene ring substituents is 1. The molecule has 19 heavy (non-hydrogen) atoms. The lowest BCUT2D eigenvalue weighted by Crippen LogP contribution is -2.43. The van der Waals surface area contributed by atoms with Crippen molar-refractivity contribution in [2.24, 2.45) is 0 Å². The number of benzene rings is 1. The van der Waals surface area contributed by atoms with Gasteiger partial charge in [-0.25, -0.2) is 9.18 Å². The highest BCUT2D eigenvalue weighted by molar-refractivity contribution is 5.85. The van der Waals surface area contributed by atoms with E-state index in [0.717, 1.165) is 0 Å². The molecule has 0 spiro atoms. The Balaban J connectivity index is 2.69. The van der Waals surface area contributed by atoms with Gasteiger partial charge in [-0.05, 0) is 5.56 Å². The van der Waals surface area contributed by atoms with Crippen molar-refractivity contribution >= 4 is 17.6 Å². The summed E-state index contributed by atoms with van der Waals surface area (Å²) < 4.78 is 12.3. The van der Waals surface area contributed by atoms with Gasteiger partial charge in [-0.15, -0.1) is 0 Å². The van der Waals surface area contributed by atoms with Crippen LogP contribution < -0.4 is 5.32 Å². The summed E-state index contributed by atoms with van der Waals surface area (Å²) in [6, 6.07) is 3.75. The Hall–Kier alpha value is -2.51. The Labute approximate surface area is 107 Å². The van der Waals surface area contributed by atoms with Crippen LogP contribution in [0.5, 0.6) is 0 Å². The molecular formula is C11H11FN2O5. The van der Waals surface area contributed by atoms with Gasteiger partial charge in [-0.1, -0.05) is 12.1 Å². The molecule has 1 amide bonds.